The lowest BCUT2D eigenvalue weighted by atomic mass is 9.93. The van der Waals surface area contributed by atoms with Crippen molar-refractivity contribution in [3.05, 3.63) is 54.1 Å². The summed E-state index contributed by atoms with van der Waals surface area (Å²) in [7, 11) is 1.68. The van der Waals surface area contributed by atoms with Crippen LogP contribution >= 0.6 is 35.3 Å². The molecule has 4 rings (SSSR count). The average Bonchev–Trinajstić information content (AvgIpc) is 3.50. The van der Waals surface area contributed by atoms with Crippen LogP contribution in [0.1, 0.15) is 32.0 Å². The fourth-order valence-electron chi connectivity index (χ4n) is 3.92. The second kappa shape index (κ2) is 11.6. The van der Waals surface area contributed by atoms with E-state index in [0.717, 1.165) is 54.0 Å². The van der Waals surface area contributed by atoms with E-state index in [1.807, 2.05) is 36.8 Å². The first-order chi connectivity index (χ1) is 15.2. The van der Waals surface area contributed by atoms with Gasteiger partial charge in [-0.1, -0.05) is 6.92 Å². The third kappa shape index (κ3) is 5.80. The van der Waals surface area contributed by atoms with Crippen molar-refractivity contribution in [2.75, 3.05) is 26.7 Å². The number of halogens is 1. The number of thiazole rings is 1. The van der Waals surface area contributed by atoms with Crippen molar-refractivity contribution in [3.63, 3.8) is 0 Å². The summed E-state index contributed by atoms with van der Waals surface area (Å²) >= 11 is 1.65. The predicted octanol–water partition coefficient (Wildman–Crippen LogP) is 4.68. The van der Waals surface area contributed by atoms with Crippen LogP contribution in [0.3, 0.4) is 0 Å². The number of nitrogens with zero attached hydrogens (tertiary/aromatic N) is 5. The summed E-state index contributed by atoms with van der Waals surface area (Å²) in [5.41, 5.74) is 2.09. The van der Waals surface area contributed by atoms with Gasteiger partial charge in [-0.2, -0.15) is 0 Å². The summed E-state index contributed by atoms with van der Waals surface area (Å²) in [6, 6.07) is 8.42. The molecule has 0 amide bonds. The molecule has 1 saturated heterocycles. The van der Waals surface area contributed by atoms with E-state index in [2.05, 4.69) is 45.2 Å². The van der Waals surface area contributed by atoms with Gasteiger partial charge in [0, 0.05) is 43.0 Å². The molecule has 7 nitrogen and oxygen atoms in total. The number of hydrogen-bond acceptors (Lipinski definition) is 5. The van der Waals surface area contributed by atoms with Gasteiger partial charge in [-0.15, -0.1) is 35.3 Å². The Morgan fingerprint density at radius 2 is 2.12 bits per heavy atom. The van der Waals surface area contributed by atoms with Crippen molar-refractivity contribution in [1.29, 1.82) is 0 Å². The van der Waals surface area contributed by atoms with Crippen LogP contribution in [-0.4, -0.2) is 52.1 Å². The Morgan fingerprint density at radius 3 is 2.81 bits per heavy atom. The van der Waals surface area contributed by atoms with E-state index in [9.17, 15) is 0 Å². The number of piperidine rings is 1. The molecule has 9 heteroatoms. The number of imidazole rings is 1. The lowest BCUT2D eigenvalue weighted by Gasteiger charge is -2.39. The van der Waals surface area contributed by atoms with Crippen molar-refractivity contribution in [2.45, 2.75) is 32.9 Å². The molecule has 2 aromatic heterocycles. The molecule has 172 valence electrons. The van der Waals surface area contributed by atoms with Gasteiger partial charge >= 0.3 is 0 Å². The fourth-order valence-corrected chi connectivity index (χ4v) is 4.74. The second-order valence-electron chi connectivity index (χ2n) is 7.83. The van der Waals surface area contributed by atoms with Gasteiger partial charge in [-0.25, -0.2) is 15.0 Å². The van der Waals surface area contributed by atoms with E-state index >= 15 is 0 Å². The number of likely N-dealkylation sites (tertiary alicyclic amines) is 1. The molecular formula is C23H31IN6OS. The Bertz CT molecular complexity index is 988. The molecule has 0 spiro atoms. The molecule has 0 aliphatic carbocycles. The van der Waals surface area contributed by atoms with Crippen LogP contribution in [0, 0.1) is 5.92 Å². The molecule has 3 aromatic rings. The summed E-state index contributed by atoms with van der Waals surface area (Å²) < 4.78 is 7.47. The van der Waals surface area contributed by atoms with Gasteiger partial charge in [0.1, 0.15) is 10.8 Å². The lowest BCUT2D eigenvalue weighted by molar-refractivity contribution is 0.189. The van der Waals surface area contributed by atoms with Crippen LogP contribution in [0.2, 0.25) is 0 Å². The van der Waals surface area contributed by atoms with E-state index in [4.69, 9.17) is 14.7 Å². The number of guanidine groups is 1. The first kappa shape index (κ1) is 24.5. The second-order valence-corrected chi connectivity index (χ2v) is 8.69. The molecule has 0 radical (unpaired) electrons. The van der Waals surface area contributed by atoms with Gasteiger partial charge in [0.25, 0.3) is 0 Å². The maximum Gasteiger partial charge on any atom is 0.194 e. The molecule has 3 heterocycles. The number of aliphatic imine (C=N–C) groups is 1. The highest BCUT2D eigenvalue weighted by Crippen LogP contribution is 2.28. The van der Waals surface area contributed by atoms with Crippen molar-refractivity contribution in [1.82, 2.24) is 24.8 Å². The SMILES string of the molecule is CCNC(=NCc1csc(-c2ccc(OC)cc2)n1)N1CCC(C)C(n2ccnc2)C1.I. The maximum absolute atomic E-state index is 5.24. The minimum absolute atomic E-state index is 0. The molecule has 0 bridgehead atoms. The van der Waals surface area contributed by atoms with E-state index in [-0.39, 0.29) is 24.0 Å². The van der Waals surface area contributed by atoms with E-state index < -0.39 is 0 Å². The smallest absolute Gasteiger partial charge is 0.194 e. The van der Waals surface area contributed by atoms with Gasteiger partial charge in [0.2, 0.25) is 0 Å². The van der Waals surface area contributed by atoms with Gasteiger partial charge in [0.15, 0.2) is 5.96 Å². The van der Waals surface area contributed by atoms with Crippen LogP contribution in [0.15, 0.2) is 53.4 Å². The minimum atomic E-state index is 0. The summed E-state index contributed by atoms with van der Waals surface area (Å²) in [5.74, 6) is 2.42. The molecule has 1 aromatic carbocycles. The van der Waals surface area contributed by atoms with Gasteiger partial charge in [0.05, 0.1) is 31.7 Å². The normalized spacial score (nSPS) is 18.8. The zero-order valence-corrected chi connectivity index (χ0v) is 21.9. The van der Waals surface area contributed by atoms with Crippen LogP contribution in [-0.2, 0) is 6.54 Å². The number of nitrogens with one attached hydrogen (secondary N) is 1. The lowest BCUT2D eigenvalue weighted by Crippen LogP contribution is -2.49. The molecular weight excluding hydrogens is 535 g/mol. The van der Waals surface area contributed by atoms with E-state index in [0.29, 0.717) is 18.5 Å². The predicted molar refractivity (Wildman–Crippen MR) is 141 cm³/mol. The summed E-state index contributed by atoms with van der Waals surface area (Å²) in [4.78, 5) is 16.3. The number of rotatable bonds is 6. The van der Waals surface area contributed by atoms with Gasteiger partial charge < -0.3 is 19.5 Å². The monoisotopic (exact) mass is 566 g/mol. The third-order valence-corrected chi connectivity index (χ3v) is 6.68. The molecule has 2 unspecified atom stereocenters. The zero-order valence-electron chi connectivity index (χ0n) is 18.8. The summed E-state index contributed by atoms with van der Waals surface area (Å²) in [5, 5.41) is 6.57. The highest BCUT2D eigenvalue weighted by Gasteiger charge is 2.28. The molecule has 0 saturated carbocycles. The molecule has 2 atom stereocenters. The van der Waals surface area contributed by atoms with Gasteiger partial charge in [-0.3, -0.25) is 0 Å². The Balaban J connectivity index is 0.00000289. The maximum atomic E-state index is 5.24. The highest BCUT2D eigenvalue weighted by atomic mass is 127. The van der Waals surface area contributed by atoms with Crippen molar-refractivity contribution < 1.29 is 4.74 Å². The quantitative estimate of drug-likeness (QED) is 0.267. The standard InChI is InChI=1S/C23H30N6OS.HI/c1-4-25-23(28-11-9-17(2)21(14-28)29-12-10-24-16-29)26-13-19-15-31-22(27-19)18-5-7-20(30-3)8-6-18;/h5-8,10,12,15-17,21H,4,9,11,13-14H2,1-3H3,(H,25,26);1H. The third-order valence-electron chi connectivity index (χ3n) is 5.74. The van der Waals surface area contributed by atoms with Gasteiger partial charge in [-0.05, 0) is 43.5 Å². The largest absolute Gasteiger partial charge is 0.497 e. The molecule has 32 heavy (non-hydrogen) atoms. The van der Waals surface area contributed by atoms with Crippen molar-refractivity contribution in [2.24, 2.45) is 10.9 Å². The number of methoxy groups -OCH3 is 1. The van der Waals surface area contributed by atoms with Crippen LogP contribution in [0.4, 0.5) is 0 Å². The highest BCUT2D eigenvalue weighted by molar-refractivity contribution is 14.0. The first-order valence-electron chi connectivity index (χ1n) is 10.8. The van der Waals surface area contributed by atoms with Crippen molar-refractivity contribution >= 4 is 41.3 Å². The van der Waals surface area contributed by atoms with Crippen molar-refractivity contribution in [3.8, 4) is 16.3 Å². The van der Waals surface area contributed by atoms with Crippen LogP contribution in [0.25, 0.3) is 10.6 Å². The van der Waals surface area contributed by atoms with Crippen LogP contribution in [0.5, 0.6) is 5.75 Å². The Kier molecular flexibility index (Phi) is 8.92. The molecule has 1 aliphatic rings. The number of aromatic nitrogens is 3. The Morgan fingerprint density at radius 1 is 1.31 bits per heavy atom. The molecule has 1 fully saturated rings. The number of hydrogen-bond donors (Lipinski definition) is 1. The van der Waals surface area contributed by atoms with E-state index in [1.165, 1.54) is 0 Å². The van der Waals surface area contributed by atoms with E-state index in [1.54, 1.807) is 18.4 Å². The minimum Gasteiger partial charge on any atom is -0.497 e. The zero-order chi connectivity index (χ0) is 21.6. The summed E-state index contributed by atoms with van der Waals surface area (Å²) in [6.07, 6.45) is 6.97. The topological polar surface area (TPSA) is 67.6 Å². The fraction of sp³-hybridized carbons (Fsp3) is 0.435. The average molecular weight is 567 g/mol. The summed E-state index contributed by atoms with van der Waals surface area (Å²) in [6.45, 7) is 7.78. The number of ether oxygens (including phenoxy) is 1. The van der Waals surface area contributed by atoms with Crippen LogP contribution < -0.4 is 10.1 Å². The Hall–Kier alpha value is -2.14. The number of benzene rings is 1. The first-order valence-corrected chi connectivity index (χ1v) is 11.7. The Labute approximate surface area is 211 Å². The molecule has 1 N–H and O–H groups in total. The molecule has 1 aliphatic heterocycles.